The highest BCUT2D eigenvalue weighted by atomic mass is 15.2. The van der Waals surface area contributed by atoms with Crippen molar-refractivity contribution in [3.8, 4) is 0 Å². The standard InChI is InChI=1S/C17H17N3/c1-12-6-2-4-8-14(12)17(20-18)16-15-9-5-3-7-13(15)10-11-19-16/h2-11,17,20H,18H2,1H3. The van der Waals surface area contributed by atoms with E-state index in [2.05, 4.69) is 41.6 Å². The number of hydrogen-bond donors (Lipinski definition) is 2. The van der Waals surface area contributed by atoms with Crippen LogP contribution in [0.5, 0.6) is 0 Å². The zero-order valence-electron chi connectivity index (χ0n) is 11.4. The number of pyridine rings is 1. The quantitative estimate of drug-likeness (QED) is 0.564. The molecule has 0 amide bonds. The highest BCUT2D eigenvalue weighted by molar-refractivity contribution is 5.85. The summed E-state index contributed by atoms with van der Waals surface area (Å²) >= 11 is 0. The Labute approximate surface area is 118 Å². The molecule has 0 aliphatic carbocycles. The van der Waals surface area contributed by atoms with Crippen molar-refractivity contribution in [1.82, 2.24) is 10.4 Å². The molecule has 3 nitrogen and oxygen atoms in total. The van der Waals surface area contributed by atoms with Gasteiger partial charge in [0.05, 0.1) is 11.7 Å². The van der Waals surface area contributed by atoms with Gasteiger partial charge in [-0.3, -0.25) is 10.8 Å². The van der Waals surface area contributed by atoms with E-state index >= 15 is 0 Å². The molecule has 1 aromatic heterocycles. The molecule has 3 heteroatoms. The number of aromatic nitrogens is 1. The van der Waals surface area contributed by atoms with E-state index in [1.54, 1.807) is 0 Å². The molecule has 0 spiro atoms. The fraction of sp³-hybridized carbons (Fsp3) is 0.118. The molecule has 20 heavy (non-hydrogen) atoms. The van der Waals surface area contributed by atoms with Crippen LogP contribution in [0.2, 0.25) is 0 Å². The van der Waals surface area contributed by atoms with E-state index in [-0.39, 0.29) is 6.04 Å². The van der Waals surface area contributed by atoms with Gasteiger partial charge in [0.1, 0.15) is 0 Å². The smallest absolute Gasteiger partial charge is 0.0890 e. The molecule has 0 bridgehead atoms. The lowest BCUT2D eigenvalue weighted by molar-refractivity contribution is 0.622. The molecule has 0 saturated heterocycles. The Morgan fingerprint density at radius 2 is 1.75 bits per heavy atom. The van der Waals surface area contributed by atoms with Gasteiger partial charge >= 0.3 is 0 Å². The number of nitrogens with two attached hydrogens (primary N) is 1. The summed E-state index contributed by atoms with van der Waals surface area (Å²) in [7, 11) is 0. The molecule has 0 aliphatic rings. The highest BCUT2D eigenvalue weighted by Gasteiger charge is 2.17. The van der Waals surface area contributed by atoms with Gasteiger partial charge in [-0.1, -0.05) is 48.5 Å². The van der Waals surface area contributed by atoms with Gasteiger partial charge in [-0.05, 0) is 29.5 Å². The van der Waals surface area contributed by atoms with Crippen LogP contribution in [0.15, 0.2) is 60.8 Å². The Kier molecular flexibility index (Phi) is 3.46. The second-order valence-electron chi connectivity index (χ2n) is 4.87. The van der Waals surface area contributed by atoms with Crippen LogP contribution in [-0.2, 0) is 0 Å². The average Bonchev–Trinajstić information content (AvgIpc) is 2.50. The molecule has 1 unspecified atom stereocenters. The highest BCUT2D eigenvalue weighted by Crippen LogP contribution is 2.28. The molecular formula is C17H17N3. The zero-order chi connectivity index (χ0) is 13.9. The summed E-state index contributed by atoms with van der Waals surface area (Å²) in [4.78, 5) is 4.55. The van der Waals surface area contributed by atoms with E-state index in [0.717, 1.165) is 16.6 Å². The Bertz CT molecular complexity index is 732. The molecular weight excluding hydrogens is 246 g/mol. The lowest BCUT2D eigenvalue weighted by atomic mass is 9.96. The summed E-state index contributed by atoms with van der Waals surface area (Å²) in [6.45, 7) is 2.09. The summed E-state index contributed by atoms with van der Waals surface area (Å²) < 4.78 is 0. The Balaban J connectivity index is 2.20. The predicted molar refractivity (Wildman–Crippen MR) is 82.1 cm³/mol. The Hall–Kier alpha value is -2.23. The van der Waals surface area contributed by atoms with Crippen LogP contribution >= 0.6 is 0 Å². The van der Waals surface area contributed by atoms with Crippen molar-refractivity contribution in [3.63, 3.8) is 0 Å². The fourth-order valence-electron chi connectivity index (χ4n) is 2.60. The average molecular weight is 263 g/mol. The fourth-order valence-corrected chi connectivity index (χ4v) is 2.60. The second-order valence-corrected chi connectivity index (χ2v) is 4.87. The molecule has 1 heterocycles. The summed E-state index contributed by atoms with van der Waals surface area (Å²) in [6.07, 6.45) is 1.83. The van der Waals surface area contributed by atoms with Crippen LogP contribution in [0.4, 0.5) is 0 Å². The van der Waals surface area contributed by atoms with Crippen molar-refractivity contribution in [2.75, 3.05) is 0 Å². The van der Waals surface area contributed by atoms with Crippen LogP contribution in [-0.4, -0.2) is 4.98 Å². The predicted octanol–water partition coefficient (Wildman–Crippen LogP) is 3.10. The molecule has 1 atom stereocenters. The van der Waals surface area contributed by atoms with Gasteiger partial charge in [-0.15, -0.1) is 0 Å². The number of nitrogens with zero attached hydrogens (tertiary/aromatic N) is 1. The minimum atomic E-state index is -0.109. The summed E-state index contributed by atoms with van der Waals surface area (Å²) in [6, 6.07) is 18.4. The maximum atomic E-state index is 5.81. The molecule has 0 aliphatic heterocycles. The maximum Gasteiger partial charge on any atom is 0.0890 e. The molecule has 100 valence electrons. The van der Waals surface area contributed by atoms with E-state index in [1.165, 1.54) is 10.9 Å². The Morgan fingerprint density at radius 3 is 2.55 bits per heavy atom. The minimum absolute atomic E-state index is 0.109. The largest absolute Gasteiger partial charge is 0.271 e. The van der Waals surface area contributed by atoms with E-state index < -0.39 is 0 Å². The first kappa shape index (κ1) is 12.8. The van der Waals surface area contributed by atoms with Gasteiger partial charge < -0.3 is 0 Å². The van der Waals surface area contributed by atoms with E-state index in [4.69, 9.17) is 5.84 Å². The second kappa shape index (κ2) is 5.41. The lowest BCUT2D eigenvalue weighted by Crippen LogP contribution is -2.30. The molecule has 3 rings (SSSR count). The number of rotatable bonds is 3. The molecule has 0 fully saturated rings. The lowest BCUT2D eigenvalue weighted by Gasteiger charge is -2.19. The monoisotopic (exact) mass is 263 g/mol. The number of hydrazine groups is 1. The number of benzene rings is 2. The van der Waals surface area contributed by atoms with Gasteiger partial charge in [0.25, 0.3) is 0 Å². The van der Waals surface area contributed by atoms with Crippen LogP contribution in [0.25, 0.3) is 10.8 Å². The van der Waals surface area contributed by atoms with Crippen molar-refractivity contribution >= 4 is 10.8 Å². The van der Waals surface area contributed by atoms with Gasteiger partial charge in [-0.25, -0.2) is 5.43 Å². The number of hydrogen-bond acceptors (Lipinski definition) is 3. The molecule has 2 aromatic carbocycles. The third-order valence-corrected chi connectivity index (χ3v) is 3.64. The van der Waals surface area contributed by atoms with Crippen molar-refractivity contribution < 1.29 is 0 Å². The number of nitrogens with one attached hydrogen (secondary N) is 1. The number of fused-ring (bicyclic) bond motifs is 1. The molecule has 0 saturated carbocycles. The topological polar surface area (TPSA) is 50.9 Å². The van der Waals surface area contributed by atoms with Gasteiger partial charge in [0.2, 0.25) is 0 Å². The molecule has 3 aromatic rings. The summed E-state index contributed by atoms with van der Waals surface area (Å²) in [5, 5.41) is 2.30. The van der Waals surface area contributed by atoms with Gasteiger partial charge in [-0.2, -0.15) is 0 Å². The van der Waals surface area contributed by atoms with Crippen LogP contribution < -0.4 is 11.3 Å². The van der Waals surface area contributed by atoms with Crippen molar-refractivity contribution in [2.45, 2.75) is 13.0 Å². The Morgan fingerprint density at radius 1 is 1.00 bits per heavy atom. The minimum Gasteiger partial charge on any atom is -0.271 e. The third-order valence-electron chi connectivity index (χ3n) is 3.64. The van der Waals surface area contributed by atoms with Crippen LogP contribution in [0, 0.1) is 6.92 Å². The third kappa shape index (κ3) is 2.18. The molecule has 3 N–H and O–H groups in total. The van der Waals surface area contributed by atoms with E-state index in [0.29, 0.717) is 0 Å². The summed E-state index contributed by atoms with van der Waals surface area (Å²) in [5.41, 5.74) is 6.21. The number of aryl methyl sites for hydroxylation is 1. The first-order valence-electron chi connectivity index (χ1n) is 6.66. The first-order valence-corrected chi connectivity index (χ1v) is 6.66. The van der Waals surface area contributed by atoms with Crippen LogP contribution in [0.3, 0.4) is 0 Å². The SMILES string of the molecule is Cc1ccccc1C(NN)c1nccc2ccccc12. The van der Waals surface area contributed by atoms with Gasteiger partial charge in [0, 0.05) is 11.6 Å². The van der Waals surface area contributed by atoms with E-state index in [9.17, 15) is 0 Å². The van der Waals surface area contributed by atoms with Crippen molar-refractivity contribution in [3.05, 3.63) is 77.6 Å². The van der Waals surface area contributed by atoms with Crippen molar-refractivity contribution in [1.29, 1.82) is 0 Å². The summed E-state index contributed by atoms with van der Waals surface area (Å²) in [5.74, 6) is 5.81. The van der Waals surface area contributed by atoms with Crippen LogP contribution in [0.1, 0.15) is 22.9 Å². The van der Waals surface area contributed by atoms with Gasteiger partial charge in [0.15, 0.2) is 0 Å². The zero-order valence-corrected chi connectivity index (χ0v) is 11.4. The first-order chi connectivity index (χ1) is 9.81. The normalized spacial score (nSPS) is 12.5. The maximum absolute atomic E-state index is 5.81. The van der Waals surface area contributed by atoms with Crippen molar-refractivity contribution in [2.24, 2.45) is 5.84 Å². The molecule has 0 radical (unpaired) electrons. The van der Waals surface area contributed by atoms with E-state index in [1.807, 2.05) is 36.5 Å².